The second-order valence-corrected chi connectivity index (χ2v) is 5.62. The third kappa shape index (κ3) is 3.12. The maximum Gasteiger partial charge on any atom is 0.255 e. The summed E-state index contributed by atoms with van der Waals surface area (Å²) >= 11 is 5.81. The van der Waals surface area contributed by atoms with Gasteiger partial charge in [0.1, 0.15) is 0 Å². The summed E-state index contributed by atoms with van der Waals surface area (Å²) in [5.74, 6) is -0.223. The Morgan fingerprint density at radius 3 is 2.36 bits per heavy atom. The maximum absolute atomic E-state index is 12.2. The average molecular weight is 315 g/mol. The minimum absolute atomic E-state index is 0.00819. The first-order valence-corrected chi connectivity index (χ1v) is 7.47. The van der Waals surface area contributed by atoms with Crippen molar-refractivity contribution in [1.82, 2.24) is 4.90 Å². The van der Waals surface area contributed by atoms with Crippen molar-refractivity contribution < 1.29 is 9.59 Å². The molecule has 0 spiro atoms. The molecule has 2 aromatic rings. The monoisotopic (exact) mass is 314 g/mol. The van der Waals surface area contributed by atoms with Gasteiger partial charge in [-0.1, -0.05) is 17.7 Å². The van der Waals surface area contributed by atoms with Crippen LogP contribution in [-0.2, 0) is 0 Å². The first-order valence-electron chi connectivity index (χ1n) is 7.10. The molecule has 2 aromatic carbocycles. The molecule has 1 saturated heterocycles. The molecule has 4 nitrogen and oxygen atoms in total. The molecule has 1 heterocycles. The van der Waals surface area contributed by atoms with Crippen molar-refractivity contribution >= 4 is 29.1 Å². The SMILES string of the molecule is O=C(Nc1cccc(C(=O)N2CCC2)c1)c1ccc(Cl)cc1. The van der Waals surface area contributed by atoms with E-state index in [2.05, 4.69) is 5.32 Å². The molecule has 1 aliphatic heterocycles. The third-order valence-corrected chi connectivity index (χ3v) is 3.87. The van der Waals surface area contributed by atoms with Crippen LogP contribution in [0.5, 0.6) is 0 Å². The second-order valence-electron chi connectivity index (χ2n) is 5.19. The molecule has 0 aliphatic carbocycles. The van der Waals surface area contributed by atoms with Crippen molar-refractivity contribution in [3.05, 3.63) is 64.7 Å². The largest absolute Gasteiger partial charge is 0.339 e. The molecule has 0 bridgehead atoms. The van der Waals surface area contributed by atoms with E-state index in [1.165, 1.54) is 0 Å². The molecule has 0 radical (unpaired) electrons. The van der Waals surface area contributed by atoms with Crippen LogP contribution in [0.3, 0.4) is 0 Å². The van der Waals surface area contributed by atoms with Crippen LogP contribution in [0.15, 0.2) is 48.5 Å². The first-order chi connectivity index (χ1) is 10.6. The van der Waals surface area contributed by atoms with Crippen molar-refractivity contribution in [2.75, 3.05) is 18.4 Å². The van der Waals surface area contributed by atoms with E-state index < -0.39 is 0 Å². The van der Waals surface area contributed by atoms with Gasteiger partial charge in [-0.3, -0.25) is 9.59 Å². The molecular formula is C17H15ClN2O2. The highest BCUT2D eigenvalue weighted by atomic mass is 35.5. The molecule has 0 saturated carbocycles. The van der Waals surface area contributed by atoms with Crippen molar-refractivity contribution in [2.24, 2.45) is 0 Å². The van der Waals surface area contributed by atoms with Crippen LogP contribution in [0, 0.1) is 0 Å². The fourth-order valence-electron chi connectivity index (χ4n) is 2.24. The molecule has 1 N–H and O–H groups in total. The van der Waals surface area contributed by atoms with Gasteiger partial charge < -0.3 is 10.2 Å². The zero-order valence-corrected chi connectivity index (χ0v) is 12.6. The van der Waals surface area contributed by atoms with E-state index in [4.69, 9.17) is 11.6 Å². The van der Waals surface area contributed by atoms with Gasteiger partial charge in [-0.15, -0.1) is 0 Å². The number of likely N-dealkylation sites (tertiary alicyclic amines) is 1. The number of amides is 2. The highest BCUT2D eigenvalue weighted by molar-refractivity contribution is 6.30. The summed E-state index contributed by atoms with van der Waals surface area (Å²) in [6, 6.07) is 13.7. The number of nitrogens with zero attached hydrogens (tertiary/aromatic N) is 1. The van der Waals surface area contributed by atoms with Crippen LogP contribution in [-0.4, -0.2) is 29.8 Å². The van der Waals surface area contributed by atoms with Crippen LogP contribution in [0.25, 0.3) is 0 Å². The number of benzene rings is 2. The van der Waals surface area contributed by atoms with Crippen LogP contribution < -0.4 is 5.32 Å². The minimum atomic E-state index is -0.231. The van der Waals surface area contributed by atoms with E-state index in [1.54, 1.807) is 53.4 Å². The zero-order chi connectivity index (χ0) is 15.5. The number of hydrogen-bond acceptors (Lipinski definition) is 2. The molecule has 1 fully saturated rings. The number of nitrogens with one attached hydrogen (secondary N) is 1. The summed E-state index contributed by atoms with van der Waals surface area (Å²) in [6.45, 7) is 1.61. The van der Waals surface area contributed by atoms with Crippen molar-refractivity contribution in [3.63, 3.8) is 0 Å². The molecule has 2 amide bonds. The zero-order valence-electron chi connectivity index (χ0n) is 11.9. The molecule has 22 heavy (non-hydrogen) atoms. The summed E-state index contributed by atoms with van der Waals surface area (Å²) < 4.78 is 0. The Morgan fingerprint density at radius 2 is 1.73 bits per heavy atom. The number of anilines is 1. The van der Waals surface area contributed by atoms with E-state index in [0.717, 1.165) is 19.5 Å². The van der Waals surface area contributed by atoms with Gasteiger partial charge in [0.05, 0.1) is 0 Å². The molecule has 1 aliphatic rings. The number of halogens is 1. The van der Waals surface area contributed by atoms with E-state index >= 15 is 0 Å². The minimum Gasteiger partial charge on any atom is -0.339 e. The van der Waals surface area contributed by atoms with Crippen LogP contribution in [0.2, 0.25) is 5.02 Å². The van der Waals surface area contributed by atoms with Gasteiger partial charge in [0, 0.05) is 34.9 Å². The molecular weight excluding hydrogens is 300 g/mol. The van der Waals surface area contributed by atoms with E-state index in [0.29, 0.717) is 21.8 Å². The van der Waals surface area contributed by atoms with Gasteiger partial charge in [0.2, 0.25) is 0 Å². The summed E-state index contributed by atoms with van der Waals surface area (Å²) in [6.07, 6.45) is 1.05. The molecule has 5 heteroatoms. The Kier molecular flexibility index (Phi) is 4.11. The maximum atomic E-state index is 12.2. The number of carbonyl (C=O) groups is 2. The van der Waals surface area contributed by atoms with Crippen molar-refractivity contribution in [3.8, 4) is 0 Å². The standard InChI is InChI=1S/C17H15ClN2O2/c18-14-7-5-12(6-8-14)16(21)19-15-4-1-3-13(11-15)17(22)20-9-2-10-20/h1,3-8,11H,2,9-10H2,(H,19,21). The van der Waals surface area contributed by atoms with Crippen LogP contribution in [0.1, 0.15) is 27.1 Å². The Labute approximate surface area is 133 Å². The predicted molar refractivity (Wildman–Crippen MR) is 86.4 cm³/mol. The quantitative estimate of drug-likeness (QED) is 0.943. The van der Waals surface area contributed by atoms with E-state index in [9.17, 15) is 9.59 Å². The van der Waals surface area contributed by atoms with Gasteiger partial charge in [-0.25, -0.2) is 0 Å². The number of hydrogen-bond donors (Lipinski definition) is 1. The van der Waals surface area contributed by atoms with Crippen LogP contribution in [0.4, 0.5) is 5.69 Å². The average Bonchev–Trinajstić information content (AvgIpc) is 2.46. The fourth-order valence-corrected chi connectivity index (χ4v) is 2.36. The molecule has 0 aromatic heterocycles. The lowest BCUT2D eigenvalue weighted by Crippen LogP contribution is -2.42. The van der Waals surface area contributed by atoms with Gasteiger partial charge in [-0.2, -0.15) is 0 Å². The summed E-state index contributed by atoms with van der Waals surface area (Å²) in [5.41, 5.74) is 1.71. The summed E-state index contributed by atoms with van der Waals surface area (Å²) in [4.78, 5) is 26.1. The lowest BCUT2D eigenvalue weighted by atomic mass is 10.1. The lowest BCUT2D eigenvalue weighted by molar-refractivity contribution is 0.0651. The lowest BCUT2D eigenvalue weighted by Gasteiger charge is -2.31. The summed E-state index contributed by atoms with van der Waals surface area (Å²) in [7, 11) is 0. The predicted octanol–water partition coefficient (Wildman–Crippen LogP) is 3.44. The molecule has 0 unspecified atom stereocenters. The highest BCUT2D eigenvalue weighted by Gasteiger charge is 2.21. The fraction of sp³-hybridized carbons (Fsp3) is 0.176. The van der Waals surface area contributed by atoms with Crippen molar-refractivity contribution in [2.45, 2.75) is 6.42 Å². The van der Waals surface area contributed by atoms with Crippen LogP contribution >= 0.6 is 11.6 Å². The summed E-state index contributed by atoms with van der Waals surface area (Å²) in [5, 5.41) is 3.38. The van der Waals surface area contributed by atoms with Gasteiger partial charge >= 0.3 is 0 Å². The Hall–Kier alpha value is -2.33. The third-order valence-electron chi connectivity index (χ3n) is 3.62. The molecule has 0 atom stereocenters. The molecule has 3 rings (SSSR count). The normalized spacial score (nSPS) is 13.4. The number of rotatable bonds is 3. The van der Waals surface area contributed by atoms with Gasteiger partial charge in [0.25, 0.3) is 11.8 Å². The Balaban J connectivity index is 1.73. The van der Waals surface area contributed by atoms with E-state index in [1.807, 2.05) is 0 Å². The second kappa shape index (κ2) is 6.20. The topological polar surface area (TPSA) is 49.4 Å². The van der Waals surface area contributed by atoms with Crippen molar-refractivity contribution in [1.29, 1.82) is 0 Å². The first kappa shape index (κ1) is 14.6. The molecule has 112 valence electrons. The van der Waals surface area contributed by atoms with E-state index in [-0.39, 0.29) is 11.8 Å². The Bertz CT molecular complexity index is 709. The van der Waals surface area contributed by atoms with Gasteiger partial charge in [-0.05, 0) is 48.9 Å². The Morgan fingerprint density at radius 1 is 1.00 bits per heavy atom. The number of carbonyl (C=O) groups excluding carboxylic acids is 2. The van der Waals surface area contributed by atoms with Gasteiger partial charge in [0.15, 0.2) is 0 Å². The highest BCUT2D eigenvalue weighted by Crippen LogP contribution is 2.17. The smallest absolute Gasteiger partial charge is 0.255 e.